The van der Waals surface area contributed by atoms with Crippen molar-refractivity contribution in [3.8, 4) is 0 Å². The van der Waals surface area contributed by atoms with Crippen LogP contribution in [0.2, 0.25) is 0 Å². The summed E-state index contributed by atoms with van der Waals surface area (Å²) in [5, 5.41) is 6.21. The Morgan fingerprint density at radius 1 is 1.17 bits per heavy atom. The molecule has 1 aromatic heterocycles. The predicted octanol–water partition coefficient (Wildman–Crippen LogP) is 3.61. The van der Waals surface area contributed by atoms with Crippen LogP contribution in [0, 0.1) is 19.7 Å². The number of likely N-dealkylation sites (tertiary alicyclic amines) is 1. The molecule has 1 aromatic carbocycles. The highest BCUT2D eigenvalue weighted by molar-refractivity contribution is 5.94. The molecule has 2 N–H and O–H groups in total. The molecule has 1 aliphatic rings. The van der Waals surface area contributed by atoms with Crippen LogP contribution in [-0.2, 0) is 6.54 Å². The first-order valence-electron chi connectivity index (χ1n) is 9.91. The second-order valence-electron chi connectivity index (χ2n) is 7.73. The van der Waals surface area contributed by atoms with Crippen LogP contribution in [0.25, 0.3) is 0 Å². The summed E-state index contributed by atoms with van der Waals surface area (Å²) in [7, 11) is 1.82. The second kappa shape index (κ2) is 8.86. The van der Waals surface area contributed by atoms with E-state index in [9.17, 15) is 9.18 Å². The monoisotopic (exact) mass is 402 g/mol. The Kier molecular flexibility index (Phi) is 6.47. The average molecular weight is 402 g/mol. The Bertz CT molecular complexity index is 879. The van der Waals surface area contributed by atoms with Gasteiger partial charge in [-0.15, -0.1) is 0 Å². The smallest absolute Gasteiger partial charge is 0.253 e. The van der Waals surface area contributed by atoms with E-state index in [1.54, 1.807) is 17.9 Å². The van der Waals surface area contributed by atoms with Crippen LogP contribution in [0.15, 0.2) is 30.3 Å². The van der Waals surface area contributed by atoms with Crippen molar-refractivity contribution in [3.05, 3.63) is 58.5 Å². The molecule has 0 atom stereocenters. The molecule has 0 spiro atoms. The number of aryl methyl sites for hydroxylation is 2. The summed E-state index contributed by atoms with van der Waals surface area (Å²) < 4.78 is 28.6. The van der Waals surface area contributed by atoms with Gasteiger partial charge in [-0.2, -0.15) is 0 Å². The van der Waals surface area contributed by atoms with Gasteiger partial charge in [-0.05, 0) is 49.2 Å². The minimum absolute atomic E-state index is 0.174. The van der Waals surface area contributed by atoms with E-state index >= 15 is 4.39 Å². The van der Waals surface area contributed by atoms with Gasteiger partial charge in [0.15, 0.2) is 0 Å². The second-order valence-corrected chi connectivity index (χ2v) is 7.73. The number of pyridine rings is 1. The van der Waals surface area contributed by atoms with Gasteiger partial charge in [-0.3, -0.25) is 4.79 Å². The maximum Gasteiger partial charge on any atom is 0.253 e. The molecule has 3 rings (SSSR count). The van der Waals surface area contributed by atoms with Crippen molar-refractivity contribution in [2.24, 2.45) is 0 Å². The fraction of sp³-hybridized carbons (Fsp3) is 0.455. The number of benzene rings is 1. The summed E-state index contributed by atoms with van der Waals surface area (Å²) >= 11 is 0. The van der Waals surface area contributed by atoms with E-state index in [4.69, 9.17) is 0 Å². The van der Waals surface area contributed by atoms with E-state index in [2.05, 4.69) is 15.6 Å². The summed E-state index contributed by atoms with van der Waals surface area (Å²) in [5.41, 5.74) is 1.43. The minimum atomic E-state index is -1.36. The van der Waals surface area contributed by atoms with E-state index < -0.39 is 5.67 Å². The molecule has 0 saturated carbocycles. The maximum atomic E-state index is 15.2. The Labute approximate surface area is 170 Å². The Hall–Kier alpha value is -2.54. The normalized spacial score (nSPS) is 16.0. The molecule has 0 bridgehead atoms. The van der Waals surface area contributed by atoms with Crippen LogP contribution in [0.3, 0.4) is 0 Å². The molecule has 0 radical (unpaired) electrons. The number of rotatable bonds is 6. The summed E-state index contributed by atoms with van der Waals surface area (Å²) in [6.07, 6.45) is 0.546. The number of carbonyl (C=O) groups is 1. The molecule has 1 aliphatic heterocycles. The molecule has 0 unspecified atom stereocenters. The zero-order valence-electron chi connectivity index (χ0n) is 17.2. The molecule has 0 aliphatic carbocycles. The topological polar surface area (TPSA) is 57.3 Å². The molecule has 29 heavy (non-hydrogen) atoms. The van der Waals surface area contributed by atoms with Gasteiger partial charge in [-0.1, -0.05) is 6.07 Å². The van der Waals surface area contributed by atoms with Gasteiger partial charge in [-0.25, -0.2) is 13.8 Å². The molecular weight excluding hydrogens is 374 g/mol. The van der Waals surface area contributed by atoms with Crippen LogP contribution in [0.5, 0.6) is 0 Å². The summed E-state index contributed by atoms with van der Waals surface area (Å²) in [4.78, 5) is 18.8. The van der Waals surface area contributed by atoms with Gasteiger partial charge < -0.3 is 15.5 Å². The molecule has 7 heteroatoms. The van der Waals surface area contributed by atoms with Gasteiger partial charge in [0, 0.05) is 51.6 Å². The van der Waals surface area contributed by atoms with E-state index in [1.807, 2.05) is 26.1 Å². The lowest BCUT2D eigenvalue weighted by molar-refractivity contribution is 0.0434. The number of carbonyl (C=O) groups excluding carboxylic acids is 1. The highest BCUT2D eigenvalue weighted by Crippen LogP contribution is 2.27. The Morgan fingerprint density at radius 3 is 2.55 bits per heavy atom. The Balaban J connectivity index is 1.51. The largest absolute Gasteiger partial charge is 0.373 e. The van der Waals surface area contributed by atoms with Gasteiger partial charge in [0.2, 0.25) is 0 Å². The van der Waals surface area contributed by atoms with Crippen molar-refractivity contribution < 1.29 is 13.6 Å². The van der Waals surface area contributed by atoms with Crippen molar-refractivity contribution in [2.45, 2.75) is 38.9 Å². The zero-order chi connectivity index (χ0) is 21.0. The molecule has 156 valence electrons. The third-order valence-corrected chi connectivity index (χ3v) is 5.49. The molecule has 1 fully saturated rings. The number of nitrogens with zero attached hydrogens (tertiary/aromatic N) is 2. The number of halogens is 2. The fourth-order valence-corrected chi connectivity index (χ4v) is 3.58. The lowest BCUT2D eigenvalue weighted by atomic mass is 9.92. The van der Waals surface area contributed by atoms with Crippen molar-refractivity contribution in [1.29, 1.82) is 0 Å². The van der Waals surface area contributed by atoms with E-state index in [1.165, 1.54) is 12.1 Å². The number of hydrogen-bond donors (Lipinski definition) is 2. The van der Waals surface area contributed by atoms with E-state index in [0.717, 1.165) is 17.1 Å². The van der Waals surface area contributed by atoms with E-state index in [-0.39, 0.29) is 31.1 Å². The van der Waals surface area contributed by atoms with Crippen molar-refractivity contribution in [1.82, 2.24) is 15.2 Å². The lowest BCUT2D eigenvalue weighted by Crippen LogP contribution is -2.48. The van der Waals surface area contributed by atoms with Crippen LogP contribution in [0.1, 0.15) is 40.0 Å². The van der Waals surface area contributed by atoms with Crippen LogP contribution >= 0.6 is 0 Å². The lowest BCUT2D eigenvalue weighted by Gasteiger charge is -2.36. The Morgan fingerprint density at radius 2 is 1.90 bits per heavy atom. The number of hydrogen-bond acceptors (Lipinski definition) is 4. The van der Waals surface area contributed by atoms with E-state index in [0.29, 0.717) is 30.8 Å². The molecule has 1 amide bonds. The third-order valence-electron chi connectivity index (χ3n) is 5.49. The van der Waals surface area contributed by atoms with Gasteiger partial charge in [0.05, 0.1) is 5.69 Å². The zero-order valence-corrected chi connectivity index (χ0v) is 17.2. The number of piperidine rings is 1. The van der Waals surface area contributed by atoms with Crippen LogP contribution in [-0.4, -0.2) is 48.1 Å². The highest BCUT2D eigenvalue weighted by Gasteiger charge is 2.35. The highest BCUT2D eigenvalue weighted by atomic mass is 19.1. The average Bonchev–Trinajstić information content (AvgIpc) is 2.71. The number of alkyl halides is 1. The molecule has 2 aromatic rings. The van der Waals surface area contributed by atoms with Gasteiger partial charge >= 0.3 is 0 Å². The number of aromatic nitrogens is 1. The van der Waals surface area contributed by atoms with Crippen LogP contribution in [0.4, 0.5) is 14.6 Å². The maximum absolute atomic E-state index is 15.2. The summed E-state index contributed by atoms with van der Waals surface area (Å²) in [6.45, 7) is 5.01. The van der Waals surface area contributed by atoms with Gasteiger partial charge in [0.1, 0.15) is 17.3 Å². The number of amides is 1. The minimum Gasteiger partial charge on any atom is -0.373 e. The molecule has 2 heterocycles. The number of nitrogens with one attached hydrogen (secondary N) is 2. The first-order chi connectivity index (χ1) is 13.8. The standard InChI is InChI=1S/C22H28F2N4O/c1-15-4-6-18(27-20(15)25-3)13-26-14-22(24)8-10-28(11-9-22)21(29)17-5-7-19(23)16(2)12-17/h4-7,12,26H,8-11,13-14H2,1-3H3,(H,25,27). The molecule has 5 nitrogen and oxygen atoms in total. The van der Waals surface area contributed by atoms with Crippen LogP contribution < -0.4 is 10.6 Å². The molecule has 1 saturated heterocycles. The predicted molar refractivity (Wildman–Crippen MR) is 110 cm³/mol. The summed E-state index contributed by atoms with van der Waals surface area (Å²) in [6, 6.07) is 8.25. The fourth-order valence-electron chi connectivity index (χ4n) is 3.58. The number of anilines is 1. The summed E-state index contributed by atoms with van der Waals surface area (Å²) in [5.74, 6) is 0.313. The first kappa shape index (κ1) is 21.2. The molecular formula is C22H28F2N4O. The van der Waals surface area contributed by atoms with Crippen molar-refractivity contribution >= 4 is 11.7 Å². The third kappa shape index (κ3) is 5.09. The van der Waals surface area contributed by atoms with Crippen molar-refractivity contribution in [2.75, 3.05) is 32.0 Å². The SMILES string of the molecule is CNc1nc(CNCC2(F)CCN(C(=O)c3ccc(F)c(C)c3)CC2)ccc1C. The van der Waals surface area contributed by atoms with Crippen molar-refractivity contribution in [3.63, 3.8) is 0 Å². The first-order valence-corrected chi connectivity index (χ1v) is 9.91. The quantitative estimate of drug-likeness (QED) is 0.775. The van der Waals surface area contributed by atoms with Gasteiger partial charge in [0.25, 0.3) is 5.91 Å².